The first-order valence-corrected chi connectivity index (χ1v) is 6.47. The van der Waals surface area contributed by atoms with Crippen molar-refractivity contribution in [3.05, 3.63) is 42.1 Å². The Bertz CT molecular complexity index is 597. The zero-order chi connectivity index (χ0) is 14.8. The van der Waals surface area contributed by atoms with Crippen molar-refractivity contribution in [3.63, 3.8) is 0 Å². The third kappa shape index (κ3) is 3.17. The fourth-order valence-electron chi connectivity index (χ4n) is 1.55. The second-order valence-electron chi connectivity index (χ2n) is 5.65. The highest BCUT2D eigenvalue weighted by Crippen LogP contribution is 2.19. The van der Waals surface area contributed by atoms with Gasteiger partial charge in [0.25, 0.3) is 5.91 Å². The van der Waals surface area contributed by atoms with Crippen molar-refractivity contribution in [2.24, 2.45) is 5.41 Å². The molecule has 0 aliphatic rings. The van der Waals surface area contributed by atoms with Crippen molar-refractivity contribution < 1.29 is 9.63 Å². The SMILES string of the molecule is Cc1cc(ONC(=O)C(C)(C)C)n(-c2ccccc2)n1. The van der Waals surface area contributed by atoms with Crippen molar-refractivity contribution in [3.8, 4) is 11.6 Å². The molecule has 0 saturated heterocycles. The number of rotatable bonds is 3. The quantitative estimate of drug-likeness (QED) is 0.875. The van der Waals surface area contributed by atoms with Gasteiger partial charge >= 0.3 is 0 Å². The summed E-state index contributed by atoms with van der Waals surface area (Å²) in [7, 11) is 0. The van der Waals surface area contributed by atoms with Gasteiger partial charge < -0.3 is 4.84 Å². The largest absolute Gasteiger partial charge is 0.359 e. The summed E-state index contributed by atoms with van der Waals surface area (Å²) < 4.78 is 1.65. The first-order valence-electron chi connectivity index (χ1n) is 6.47. The summed E-state index contributed by atoms with van der Waals surface area (Å²) in [6.07, 6.45) is 0. The molecule has 1 aromatic carbocycles. The van der Waals surface area contributed by atoms with E-state index >= 15 is 0 Å². The molecule has 1 N–H and O–H groups in total. The highest BCUT2D eigenvalue weighted by Gasteiger charge is 2.22. The number of amides is 1. The Morgan fingerprint density at radius 1 is 1.25 bits per heavy atom. The number of para-hydroxylation sites is 1. The van der Waals surface area contributed by atoms with Crippen LogP contribution < -0.4 is 10.3 Å². The average molecular weight is 273 g/mol. The maximum Gasteiger partial charge on any atom is 0.258 e. The normalized spacial score (nSPS) is 11.2. The molecule has 0 radical (unpaired) electrons. The van der Waals surface area contributed by atoms with E-state index in [4.69, 9.17) is 4.84 Å². The molecule has 1 aromatic heterocycles. The van der Waals surface area contributed by atoms with Crippen LogP contribution in [0.4, 0.5) is 0 Å². The second kappa shape index (κ2) is 5.36. The maximum atomic E-state index is 11.8. The summed E-state index contributed by atoms with van der Waals surface area (Å²) in [6, 6.07) is 11.4. The first kappa shape index (κ1) is 14.1. The van der Waals surface area contributed by atoms with Crippen LogP contribution in [0, 0.1) is 12.3 Å². The number of benzene rings is 1. The van der Waals surface area contributed by atoms with Gasteiger partial charge in [0.1, 0.15) is 0 Å². The molecule has 0 aliphatic heterocycles. The van der Waals surface area contributed by atoms with Crippen LogP contribution in [0.15, 0.2) is 36.4 Å². The number of hydrogen-bond acceptors (Lipinski definition) is 3. The van der Waals surface area contributed by atoms with E-state index in [0.717, 1.165) is 11.4 Å². The van der Waals surface area contributed by atoms with Gasteiger partial charge in [0, 0.05) is 11.5 Å². The Morgan fingerprint density at radius 3 is 2.50 bits per heavy atom. The summed E-state index contributed by atoms with van der Waals surface area (Å²) >= 11 is 0. The lowest BCUT2D eigenvalue weighted by molar-refractivity contribution is -0.135. The van der Waals surface area contributed by atoms with Gasteiger partial charge in [-0.1, -0.05) is 39.0 Å². The topological polar surface area (TPSA) is 56.1 Å². The lowest BCUT2D eigenvalue weighted by Gasteiger charge is -2.17. The molecule has 0 bridgehead atoms. The molecular formula is C15H19N3O2. The summed E-state index contributed by atoms with van der Waals surface area (Å²) in [4.78, 5) is 17.2. The fourth-order valence-corrected chi connectivity index (χ4v) is 1.55. The lowest BCUT2D eigenvalue weighted by Crippen LogP contribution is -2.37. The average Bonchev–Trinajstić information content (AvgIpc) is 2.77. The Kier molecular flexibility index (Phi) is 3.79. The van der Waals surface area contributed by atoms with Gasteiger partial charge in [0.2, 0.25) is 5.88 Å². The molecule has 0 aliphatic carbocycles. The highest BCUT2D eigenvalue weighted by atomic mass is 16.7. The van der Waals surface area contributed by atoms with Gasteiger partial charge in [-0.3, -0.25) is 4.79 Å². The minimum absolute atomic E-state index is 0.184. The zero-order valence-electron chi connectivity index (χ0n) is 12.2. The van der Waals surface area contributed by atoms with E-state index in [1.54, 1.807) is 10.7 Å². The molecule has 5 heteroatoms. The zero-order valence-corrected chi connectivity index (χ0v) is 12.2. The molecule has 106 valence electrons. The molecule has 2 aromatic rings. The van der Waals surface area contributed by atoms with Crippen molar-refractivity contribution in [1.82, 2.24) is 15.3 Å². The van der Waals surface area contributed by atoms with Crippen LogP contribution in [0.1, 0.15) is 26.5 Å². The number of carbonyl (C=O) groups is 1. The van der Waals surface area contributed by atoms with Crippen LogP contribution in [0.2, 0.25) is 0 Å². The van der Waals surface area contributed by atoms with Crippen LogP contribution >= 0.6 is 0 Å². The van der Waals surface area contributed by atoms with Gasteiger partial charge in [-0.05, 0) is 19.1 Å². The highest BCUT2D eigenvalue weighted by molar-refractivity contribution is 5.80. The Labute approximate surface area is 118 Å². The molecule has 2 rings (SSSR count). The predicted molar refractivity (Wildman–Crippen MR) is 76.5 cm³/mol. The smallest absolute Gasteiger partial charge is 0.258 e. The molecule has 0 unspecified atom stereocenters. The Hall–Kier alpha value is -2.30. The van der Waals surface area contributed by atoms with Gasteiger partial charge in [-0.15, -0.1) is 0 Å². The van der Waals surface area contributed by atoms with E-state index in [-0.39, 0.29) is 5.91 Å². The number of nitrogens with zero attached hydrogens (tertiary/aromatic N) is 2. The molecular weight excluding hydrogens is 254 g/mol. The predicted octanol–water partition coefficient (Wildman–Crippen LogP) is 2.64. The second-order valence-corrected chi connectivity index (χ2v) is 5.65. The van der Waals surface area contributed by atoms with Gasteiger partial charge in [-0.25, -0.2) is 0 Å². The number of aryl methyl sites for hydroxylation is 1. The third-order valence-corrected chi connectivity index (χ3v) is 2.73. The van der Waals surface area contributed by atoms with E-state index in [1.807, 2.05) is 58.0 Å². The van der Waals surface area contributed by atoms with Crippen LogP contribution in [-0.2, 0) is 4.79 Å². The van der Waals surface area contributed by atoms with Crippen molar-refractivity contribution in [2.45, 2.75) is 27.7 Å². The number of aromatic nitrogens is 2. The van der Waals surface area contributed by atoms with Crippen LogP contribution in [-0.4, -0.2) is 15.7 Å². The lowest BCUT2D eigenvalue weighted by atomic mass is 9.96. The standard InChI is InChI=1S/C15H19N3O2/c1-11-10-13(20-17-14(19)15(2,3)4)18(16-11)12-8-6-5-7-9-12/h5-10H,1-4H3,(H,17,19). The number of nitrogens with one attached hydrogen (secondary N) is 1. The molecule has 20 heavy (non-hydrogen) atoms. The molecule has 0 atom stereocenters. The van der Waals surface area contributed by atoms with Crippen molar-refractivity contribution in [1.29, 1.82) is 0 Å². The maximum absolute atomic E-state index is 11.8. The minimum atomic E-state index is -0.507. The molecule has 1 amide bonds. The molecule has 0 fully saturated rings. The van der Waals surface area contributed by atoms with Gasteiger partial charge in [0.05, 0.1) is 11.4 Å². The van der Waals surface area contributed by atoms with E-state index in [1.165, 1.54) is 0 Å². The van der Waals surface area contributed by atoms with Crippen molar-refractivity contribution >= 4 is 5.91 Å². The monoisotopic (exact) mass is 273 g/mol. The van der Waals surface area contributed by atoms with Crippen molar-refractivity contribution in [2.75, 3.05) is 0 Å². The van der Waals surface area contributed by atoms with E-state index in [2.05, 4.69) is 10.6 Å². The number of carbonyl (C=O) groups excluding carboxylic acids is 1. The number of hydrogen-bond donors (Lipinski definition) is 1. The number of hydroxylamine groups is 1. The van der Waals surface area contributed by atoms with Crippen LogP contribution in [0.5, 0.6) is 5.88 Å². The third-order valence-electron chi connectivity index (χ3n) is 2.73. The van der Waals surface area contributed by atoms with Gasteiger partial charge in [0.15, 0.2) is 0 Å². The Balaban J connectivity index is 2.19. The molecule has 5 nitrogen and oxygen atoms in total. The fraction of sp³-hybridized carbons (Fsp3) is 0.333. The minimum Gasteiger partial charge on any atom is -0.359 e. The Morgan fingerprint density at radius 2 is 1.90 bits per heavy atom. The van der Waals surface area contributed by atoms with Crippen LogP contribution in [0.3, 0.4) is 0 Å². The summed E-state index contributed by atoms with van der Waals surface area (Å²) in [5.74, 6) is 0.294. The molecule has 1 heterocycles. The summed E-state index contributed by atoms with van der Waals surface area (Å²) in [5.41, 5.74) is 3.64. The van der Waals surface area contributed by atoms with Crippen LogP contribution in [0.25, 0.3) is 5.69 Å². The molecule has 0 spiro atoms. The van der Waals surface area contributed by atoms with E-state index in [9.17, 15) is 4.79 Å². The van der Waals surface area contributed by atoms with E-state index in [0.29, 0.717) is 5.88 Å². The summed E-state index contributed by atoms with van der Waals surface area (Å²) in [6.45, 7) is 7.35. The first-order chi connectivity index (χ1) is 9.38. The molecule has 0 saturated carbocycles. The summed E-state index contributed by atoms with van der Waals surface area (Å²) in [5, 5.41) is 4.36. The van der Waals surface area contributed by atoms with Gasteiger partial charge in [-0.2, -0.15) is 15.3 Å². The van der Waals surface area contributed by atoms with E-state index < -0.39 is 5.41 Å².